The van der Waals surface area contributed by atoms with Gasteiger partial charge in [-0.05, 0) is 24.4 Å². The molecule has 0 aromatic heterocycles. The second-order valence-electron chi connectivity index (χ2n) is 2.51. The molecule has 60 valence electrons. The molecule has 0 aliphatic rings. The number of rotatable bonds is 2. The Labute approximate surface area is 75.7 Å². The zero-order valence-corrected chi connectivity index (χ0v) is 8.89. The van der Waals surface area contributed by atoms with Gasteiger partial charge in [0.2, 0.25) is 0 Å². The van der Waals surface area contributed by atoms with E-state index in [4.69, 9.17) is 0 Å². The molecular formula is C8H10BrOP. The summed E-state index contributed by atoms with van der Waals surface area (Å²) in [5.74, 6) is 0. The van der Waals surface area contributed by atoms with Gasteiger partial charge in [-0.15, -0.1) is 0 Å². The van der Waals surface area contributed by atoms with Gasteiger partial charge in [-0.3, -0.25) is 0 Å². The maximum atomic E-state index is 10.9. The number of hydrogen-bond acceptors (Lipinski definition) is 1. The maximum absolute atomic E-state index is 10.9. The van der Waals surface area contributed by atoms with E-state index in [9.17, 15) is 4.57 Å². The van der Waals surface area contributed by atoms with Crippen LogP contribution in [0.15, 0.2) is 28.7 Å². The highest BCUT2D eigenvalue weighted by Gasteiger charge is 1.94. The van der Waals surface area contributed by atoms with Crippen LogP contribution in [0.5, 0.6) is 0 Å². The molecular weight excluding hydrogens is 223 g/mol. The van der Waals surface area contributed by atoms with E-state index in [0.29, 0.717) is 0 Å². The molecule has 0 radical (unpaired) electrons. The lowest BCUT2D eigenvalue weighted by molar-refractivity contribution is 0.590. The third kappa shape index (κ3) is 3.22. The lowest BCUT2D eigenvalue weighted by atomic mass is 10.2. The van der Waals surface area contributed by atoms with Crippen LogP contribution in [0.4, 0.5) is 0 Å². The van der Waals surface area contributed by atoms with Crippen molar-refractivity contribution in [3.63, 3.8) is 0 Å². The summed E-state index contributed by atoms with van der Waals surface area (Å²) in [4.78, 5) is 0. The maximum Gasteiger partial charge on any atom is 0.0774 e. The molecule has 11 heavy (non-hydrogen) atoms. The van der Waals surface area contributed by atoms with Crippen LogP contribution in [0.3, 0.4) is 0 Å². The Balaban J connectivity index is 2.74. The van der Waals surface area contributed by atoms with Crippen molar-refractivity contribution in [1.29, 1.82) is 0 Å². The molecule has 3 heteroatoms. The number of halogens is 1. The minimum Gasteiger partial charge on any atom is -0.327 e. The zero-order valence-electron chi connectivity index (χ0n) is 6.30. The zero-order chi connectivity index (χ0) is 8.27. The minimum absolute atomic E-state index is 0.720. The topological polar surface area (TPSA) is 17.1 Å². The van der Waals surface area contributed by atoms with Crippen molar-refractivity contribution in [3.8, 4) is 0 Å². The molecule has 1 unspecified atom stereocenters. The molecule has 1 rings (SSSR count). The highest BCUT2D eigenvalue weighted by atomic mass is 79.9. The van der Waals surface area contributed by atoms with E-state index in [2.05, 4.69) is 15.9 Å². The van der Waals surface area contributed by atoms with Gasteiger partial charge in [0.25, 0.3) is 0 Å². The van der Waals surface area contributed by atoms with Crippen molar-refractivity contribution in [2.24, 2.45) is 0 Å². The van der Waals surface area contributed by atoms with Crippen LogP contribution in [0, 0.1) is 0 Å². The molecule has 0 bridgehead atoms. The van der Waals surface area contributed by atoms with Gasteiger partial charge in [0.05, 0.1) is 7.80 Å². The average molecular weight is 233 g/mol. The first-order chi connectivity index (χ1) is 5.18. The lowest BCUT2D eigenvalue weighted by Crippen LogP contribution is -1.77. The molecule has 0 fully saturated rings. The molecule has 0 amide bonds. The SMILES string of the molecule is C[PH](=O)Cc1ccc(Br)cc1. The van der Waals surface area contributed by atoms with Crippen molar-refractivity contribution in [3.05, 3.63) is 34.3 Å². The fourth-order valence-electron chi connectivity index (χ4n) is 0.890. The van der Waals surface area contributed by atoms with Gasteiger partial charge in [-0.25, -0.2) is 0 Å². The molecule has 0 aliphatic heterocycles. The summed E-state index contributed by atoms with van der Waals surface area (Å²) in [5.41, 5.74) is 1.15. The van der Waals surface area contributed by atoms with Gasteiger partial charge >= 0.3 is 0 Å². The lowest BCUT2D eigenvalue weighted by Gasteiger charge is -1.96. The van der Waals surface area contributed by atoms with Crippen molar-refractivity contribution < 1.29 is 4.57 Å². The smallest absolute Gasteiger partial charge is 0.0774 e. The summed E-state index contributed by atoms with van der Waals surface area (Å²) in [6, 6.07) is 7.94. The summed E-state index contributed by atoms with van der Waals surface area (Å²) in [6.45, 7) is 1.78. The Bertz CT molecular complexity index is 255. The summed E-state index contributed by atoms with van der Waals surface area (Å²) in [6.07, 6.45) is 0.720. The first-order valence-corrected chi connectivity index (χ1v) is 6.33. The molecule has 0 aliphatic carbocycles. The highest BCUT2D eigenvalue weighted by molar-refractivity contribution is 9.10. The molecule has 1 nitrogen and oxygen atoms in total. The summed E-state index contributed by atoms with van der Waals surface area (Å²) >= 11 is 3.34. The molecule has 1 atom stereocenters. The summed E-state index contributed by atoms with van der Waals surface area (Å²) in [7, 11) is -1.36. The van der Waals surface area contributed by atoms with Crippen molar-refractivity contribution in [2.45, 2.75) is 6.16 Å². The first-order valence-electron chi connectivity index (χ1n) is 3.42. The molecule has 0 saturated carbocycles. The highest BCUT2D eigenvalue weighted by Crippen LogP contribution is 2.22. The summed E-state index contributed by atoms with van der Waals surface area (Å²) < 4.78 is 11.9. The van der Waals surface area contributed by atoms with Crippen LogP contribution in [-0.2, 0) is 10.7 Å². The largest absolute Gasteiger partial charge is 0.327 e. The summed E-state index contributed by atoms with van der Waals surface area (Å²) in [5, 5.41) is 0. The van der Waals surface area contributed by atoms with E-state index in [0.717, 1.165) is 16.2 Å². The van der Waals surface area contributed by atoms with Crippen LogP contribution in [-0.4, -0.2) is 6.66 Å². The molecule has 1 aromatic carbocycles. The van der Waals surface area contributed by atoms with Crippen LogP contribution < -0.4 is 0 Å². The Morgan fingerprint density at radius 2 is 1.91 bits per heavy atom. The van der Waals surface area contributed by atoms with Crippen LogP contribution >= 0.6 is 23.7 Å². The quantitative estimate of drug-likeness (QED) is 0.717. The van der Waals surface area contributed by atoms with E-state index in [-0.39, 0.29) is 0 Å². The third-order valence-corrected chi connectivity index (χ3v) is 2.80. The second-order valence-corrected chi connectivity index (χ2v) is 5.18. The van der Waals surface area contributed by atoms with Crippen molar-refractivity contribution in [1.82, 2.24) is 0 Å². The fraction of sp³-hybridized carbons (Fsp3) is 0.250. The van der Waals surface area contributed by atoms with Gasteiger partial charge in [0, 0.05) is 10.6 Å². The molecule has 0 saturated heterocycles. The van der Waals surface area contributed by atoms with Gasteiger partial charge in [0.1, 0.15) is 0 Å². The van der Waals surface area contributed by atoms with Crippen LogP contribution in [0.25, 0.3) is 0 Å². The van der Waals surface area contributed by atoms with Gasteiger partial charge in [0.15, 0.2) is 0 Å². The fourth-order valence-corrected chi connectivity index (χ4v) is 1.96. The first kappa shape index (κ1) is 9.02. The van der Waals surface area contributed by atoms with Gasteiger partial charge in [-0.1, -0.05) is 28.1 Å². The Morgan fingerprint density at radius 3 is 2.36 bits per heavy atom. The molecule has 1 aromatic rings. The van der Waals surface area contributed by atoms with Crippen molar-refractivity contribution in [2.75, 3.05) is 6.66 Å². The number of hydrogen-bond donors (Lipinski definition) is 0. The number of benzene rings is 1. The molecule has 0 heterocycles. The second kappa shape index (κ2) is 4.08. The van der Waals surface area contributed by atoms with E-state index in [1.54, 1.807) is 6.66 Å². The van der Waals surface area contributed by atoms with E-state index >= 15 is 0 Å². The molecule has 0 N–H and O–H groups in total. The van der Waals surface area contributed by atoms with Crippen LogP contribution in [0.1, 0.15) is 5.56 Å². The molecule has 0 spiro atoms. The van der Waals surface area contributed by atoms with Crippen molar-refractivity contribution >= 4 is 23.7 Å². The predicted octanol–water partition coefficient (Wildman–Crippen LogP) is 3.14. The van der Waals surface area contributed by atoms with Gasteiger partial charge < -0.3 is 4.57 Å². The Kier molecular flexibility index (Phi) is 3.35. The van der Waals surface area contributed by atoms with Crippen LogP contribution in [0.2, 0.25) is 0 Å². The standard InChI is InChI=1S/C8H10BrOP/c1-11(10)6-7-2-4-8(9)5-3-7/h2-5,11H,6H2,1H3. The van der Waals surface area contributed by atoms with E-state index in [1.165, 1.54) is 0 Å². The third-order valence-electron chi connectivity index (χ3n) is 1.37. The Hall–Kier alpha value is -0.0700. The normalized spacial score (nSPS) is 12.9. The monoisotopic (exact) mass is 232 g/mol. The minimum atomic E-state index is -1.36. The average Bonchev–Trinajstić information content (AvgIpc) is 1.93. The Morgan fingerprint density at radius 1 is 1.36 bits per heavy atom. The predicted molar refractivity (Wildman–Crippen MR) is 52.8 cm³/mol. The van der Waals surface area contributed by atoms with E-state index in [1.807, 2.05) is 24.3 Å². The van der Waals surface area contributed by atoms with Gasteiger partial charge in [-0.2, -0.15) is 0 Å². The van der Waals surface area contributed by atoms with E-state index < -0.39 is 7.80 Å².